The van der Waals surface area contributed by atoms with Crippen LogP contribution in [0.2, 0.25) is 0 Å². The van der Waals surface area contributed by atoms with Crippen LogP contribution >= 0.6 is 0 Å². The summed E-state index contributed by atoms with van der Waals surface area (Å²) in [6, 6.07) is 6.77. The summed E-state index contributed by atoms with van der Waals surface area (Å²) in [4.78, 5) is 0. The molecule has 3 nitrogen and oxygen atoms in total. The predicted molar refractivity (Wildman–Crippen MR) is 73.1 cm³/mol. The van der Waals surface area contributed by atoms with Crippen molar-refractivity contribution in [2.24, 2.45) is 5.92 Å². The molecule has 0 aromatic heterocycles. The highest BCUT2D eigenvalue weighted by atomic mass is 16.5. The van der Waals surface area contributed by atoms with Crippen LogP contribution in [0.1, 0.15) is 30.5 Å². The molecule has 1 heterocycles. The first kappa shape index (κ1) is 13.4. The van der Waals surface area contributed by atoms with Crippen LogP contribution in [0.4, 0.5) is 0 Å². The largest absolute Gasteiger partial charge is 0.496 e. The maximum atomic E-state index is 5.68. The van der Waals surface area contributed by atoms with Gasteiger partial charge in [0.2, 0.25) is 0 Å². The second-order valence-corrected chi connectivity index (χ2v) is 5.14. The zero-order valence-electron chi connectivity index (χ0n) is 11.7. The Morgan fingerprint density at radius 2 is 2.22 bits per heavy atom. The second-order valence-electron chi connectivity index (χ2n) is 5.14. The zero-order chi connectivity index (χ0) is 13.1. The van der Waals surface area contributed by atoms with E-state index in [1.54, 1.807) is 7.11 Å². The summed E-state index contributed by atoms with van der Waals surface area (Å²) in [6.07, 6.45) is 1.50. The van der Waals surface area contributed by atoms with Crippen LogP contribution in [0.15, 0.2) is 18.2 Å². The number of hydrogen-bond donors (Lipinski definition) is 1. The van der Waals surface area contributed by atoms with Crippen LogP contribution in [-0.4, -0.2) is 26.9 Å². The number of hydrogen-bond acceptors (Lipinski definition) is 3. The second kappa shape index (κ2) is 5.72. The molecule has 1 aliphatic rings. The molecular formula is C15H23NO2. The van der Waals surface area contributed by atoms with E-state index in [1.165, 1.54) is 11.1 Å². The van der Waals surface area contributed by atoms with Crippen molar-refractivity contribution < 1.29 is 9.47 Å². The Hall–Kier alpha value is -1.06. The minimum absolute atomic E-state index is 0.361. The topological polar surface area (TPSA) is 30.5 Å². The molecule has 3 atom stereocenters. The molecule has 100 valence electrons. The number of methoxy groups -OCH3 is 1. The van der Waals surface area contributed by atoms with Crippen LogP contribution in [0.5, 0.6) is 5.75 Å². The lowest BCUT2D eigenvalue weighted by atomic mass is 9.90. The lowest BCUT2D eigenvalue weighted by Crippen LogP contribution is -2.25. The van der Waals surface area contributed by atoms with Crippen LogP contribution < -0.4 is 10.1 Å². The third-order valence-electron chi connectivity index (χ3n) is 3.79. The number of ether oxygens (including phenoxy) is 2. The van der Waals surface area contributed by atoms with E-state index < -0.39 is 0 Å². The SMILES string of the molecule is CNC(c1ccc(OC)c(C)c1)C1COC(C)C1. The van der Waals surface area contributed by atoms with E-state index in [2.05, 4.69) is 31.3 Å². The molecule has 1 aromatic rings. The fourth-order valence-electron chi connectivity index (χ4n) is 2.85. The Morgan fingerprint density at radius 3 is 2.72 bits per heavy atom. The number of nitrogens with one attached hydrogen (secondary N) is 1. The summed E-state index contributed by atoms with van der Waals surface area (Å²) in [5.74, 6) is 1.50. The first-order chi connectivity index (χ1) is 8.65. The average Bonchev–Trinajstić information content (AvgIpc) is 2.77. The third kappa shape index (κ3) is 2.68. The van der Waals surface area contributed by atoms with E-state index in [4.69, 9.17) is 9.47 Å². The average molecular weight is 249 g/mol. The van der Waals surface area contributed by atoms with Gasteiger partial charge < -0.3 is 14.8 Å². The van der Waals surface area contributed by atoms with Crippen LogP contribution in [-0.2, 0) is 4.74 Å². The minimum Gasteiger partial charge on any atom is -0.496 e. The maximum absolute atomic E-state index is 5.68. The Balaban J connectivity index is 2.19. The monoisotopic (exact) mass is 249 g/mol. The normalized spacial score (nSPS) is 25.1. The highest BCUT2D eigenvalue weighted by Crippen LogP contribution is 2.33. The minimum atomic E-state index is 0.361. The van der Waals surface area contributed by atoms with E-state index in [-0.39, 0.29) is 0 Å². The van der Waals surface area contributed by atoms with Gasteiger partial charge in [0.1, 0.15) is 5.75 Å². The number of benzene rings is 1. The molecule has 18 heavy (non-hydrogen) atoms. The quantitative estimate of drug-likeness (QED) is 0.890. The summed E-state index contributed by atoms with van der Waals surface area (Å²) in [5.41, 5.74) is 2.50. The Labute approximate surface area is 109 Å². The highest BCUT2D eigenvalue weighted by Gasteiger charge is 2.29. The molecule has 0 spiro atoms. The number of rotatable bonds is 4. The Morgan fingerprint density at radius 1 is 1.44 bits per heavy atom. The van der Waals surface area contributed by atoms with E-state index in [9.17, 15) is 0 Å². The molecule has 0 bridgehead atoms. The molecule has 1 N–H and O–H groups in total. The van der Waals surface area contributed by atoms with Crippen LogP contribution in [0.25, 0.3) is 0 Å². The van der Waals surface area contributed by atoms with Gasteiger partial charge in [0.05, 0.1) is 19.8 Å². The van der Waals surface area contributed by atoms with Crippen molar-refractivity contribution in [2.75, 3.05) is 20.8 Å². The lowest BCUT2D eigenvalue weighted by molar-refractivity contribution is 0.117. The standard InChI is InChI=1S/C15H23NO2/c1-10-7-12(5-6-14(10)17-4)15(16-3)13-8-11(2)18-9-13/h5-7,11,13,15-16H,8-9H2,1-4H3. The summed E-state index contributed by atoms with van der Waals surface area (Å²) >= 11 is 0. The molecule has 3 unspecified atom stereocenters. The Kier molecular flexibility index (Phi) is 4.25. The first-order valence-electron chi connectivity index (χ1n) is 6.59. The summed E-state index contributed by atoms with van der Waals surface area (Å²) in [7, 11) is 3.73. The molecule has 1 fully saturated rings. The molecule has 0 radical (unpaired) electrons. The fraction of sp³-hybridized carbons (Fsp3) is 0.600. The summed E-state index contributed by atoms with van der Waals surface area (Å²) in [5, 5.41) is 3.42. The molecule has 1 aliphatic heterocycles. The molecule has 3 heteroatoms. The van der Waals surface area contributed by atoms with E-state index in [0.717, 1.165) is 18.8 Å². The van der Waals surface area contributed by atoms with Gasteiger partial charge >= 0.3 is 0 Å². The van der Waals surface area contributed by atoms with Crippen LogP contribution in [0, 0.1) is 12.8 Å². The van der Waals surface area contributed by atoms with Gasteiger partial charge in [-0.15, -0.1) is 0 Å². The van der Waals surface area contributed by atoms with Gasteiger partial charge in [0, 0.05) is 12.0 Å². The van der Waals surface area contributed by atoms with Crippen molar-refractivity contribution in [3.63, 3.8) is 0 Å². The zero-order valence-corrected chi connectivity index (χ0v) is 11.7. The van der Waals surface area contributed by atoms with Gasteiger partial charge in [0.15, 0.2) is 0 Å². The number of aryl methyl sites for hydroxylation is 1. The van der Waals surface area contributed by atoms with Crippen molar-refractivity contribution in [3.05, 3.63) is 29.3 Å². The van der Waals surface area contributed by atoms with E-state index >= 15 is 0 Å². The Bertz CT molecular complexity index is 405. The third-order valence-corrected chi connectivity index (χ3v) is 3.79. The fourth-order valence-corrected chi connectivity index (χ4v) is 2.85. The smallest absolute Gasteiger partial charge is 0.121 e. The molecule has 1 aromatic carbocycles. The molecule has 0 amide bonds. The maximum Gasteiger partial charge on any atom is 0.121 e. The van der Waals surface area contributed by atoms with Crippen molar-refractivity contribution in [3.8, 4) is 5.75 Å². The van der Waals surface area contributed by atoms with Gasteiger partial charge in [-0.3, -0.25) is 0 Å². The summed E-state index contributed by atoms with van der Waals surface area (Å²) in [6.45, 7) is 5.08. The van der Waals surface area contributed by atoms with Crippen molar-refractivity contribution in [2.45, 2.75) is 32.4 Å². The van der Waals surface area contributed by atoms with Gasteiger partial charge in [-0.25, -0.2) is 0 Å². The molecular weight excluding hydrogens is 226 g/mol. The highest BCUT2D eigenvalue weighted by molar-refractivity contribution is 5.37. The van der Waals surface area contributed by atoms with E-state index in [0.29, 0.717) is 18.1 Å². The van der Waals surface area contributed by atoms with Crippen LogP contribution in [0.3, 0.4) is 0 Å². The summed E-state index contributed by atoms with van der Waals surface area (Å²) < 4.78 is 11.0. The van der Waals surface area contributed by atoms with E-state index in [1.807, 2.05) is 13.1 Å². The molecule has 0 saturated carbocycles. The molecule has 0 aliphatic carbocycles. The van der Waals surface area contributed by atoms with Gasteiger partial charge in [0.25, 0.3) is 0 Å². The van der Waals surface area contributed by atoms with Crippen molar-refractivity contribution in [1.82, 2.24) is 5.32 Å². The van der Waals surface area contributed by atoms with Gasteiger partial charge in [-0.2, -0.15) is 0 Å². The molecule has 2 rings (SSSR count). The lowest BCUT2D eigenvalue weighted by Gasteiger charge is -2.23. The predicted octanol–water partition coefficient (Wildman–Crippen LogP) is 2.69. The first-order valence-corrected chi connectivity index (χ1v) is 6.59. The van der Waals surface area contributed by atoms with Gasteiger partial charge in [-0.1, -0.05) is 12.1 Å². The van der Waals surface area contributed by atoms with Crippen molar-refractivity contribution >= 4 is 0 Å². The molecule has 1 saturated heterocycles. The van der Waals surface area contributed by atoms with Crippen molar-refractivity contribution in [1.29, 1.82) is 0 Å². The van der Waals surface area contributed by atoms with Gasteiger partial charge in [-0.05, 0) is 44.5 Å².